The molecule has 0 radical (unpaired) electrons. The van der Waals surface area contributed by atoms with Crippen LogP contribution >= 0.6 is 0 Å². The van der Waals surface area contributed by atoms with E-state index in [1.165, 1.54) is 6.07 Å². The first-order valence-electron chi connectivity index (χ1n) is 10.3. The summed E-state index contributed by atoms with van der Waals surface area (Å²) in [5.41, 5.74) is -3.39. The largest absolute Gasteiger partial charge is 0.534 e. The fourth-order valence-electron chi connectivity index (χ4n) is 3.76. The summed E-state index contributed by atoms with van der Waals surface area (Å²) in [5, 5.41) is 0. The van der Waals surface area contributed by atoms with E-state index in [1.807, 2.05) is 37.3 Å². The Morgan fingerprint density at radius 1 is 0.968 bits per heavy atom. The van der Waals surface area contributed by atoms with Crippen LogP contribution in [0.1, 0.15) is 56.7 Å². The second-order valence-corrected chi connectivity index (χ2v) is 9.74. The predicted molar refractivity (Wildman–Crippen MR) is 117 cm³/mol. The van der Waals surface area contributed by atoms with Gasteiger partial charge >= 0.3 is 15.6 Å². The molecule has 0 heterocycles. The van der Waals surface area contributed by atoms with E-state index < -0.39 is 15.6 Å². The van der Waals surface area contributed by atoms with E-state index in [-0.39, 0.29) is 23.8 Å². The van der Waals surface area contributed by atoms with Crippen LogP contribution in [0.3, 0.4) is 0 Å². The highest BCUT2D eigenvalue weighted by molar-refractivity contribution is 7.88. The van der Waals surface area contributed by atoms with Crippen molar-refractivity contribution in [3.8, 4) is 5.75 Å². The van der Waals surface area contributed by atoms with Gasteiger partial charge in [0.05, 0.1) is 0 Å². The lowest BCUT2D eigenvalue weighted by Crippen LogP contribution is -2.38. The van der Waals surface area contributed by atoms with Crippen LogP contribution in [0.4, 0.5) is 13.2 Å². The molecule has 1 atom stereocenters. The van der Waals surface area contributed by atoms with Crippen molar-refractivity contribution in [1.29, 1.82) is 0 Å². The summed E-state index contributed by atoms with van der Waals surface area (Å²) in [7, 11) is -5.77. The van der Waals surface area contributed by atoms with Gasteiger partial charge in [-0.25, -0.2) is 0 Å². The second kappa shape index (κ2) is 10.0. The van der Waals surface area contributed by atoms with Crippen LogP contribution in [0, 0.1) is 6.92 Å². The summed E-state index contributed by atoms with van der Waals surface area (Å²) < 4.78 is 66.9. The minimum atomic E-state index is -5.77. The van der Waals surface area contributed by atoms with Crippen molar-refractivity contribution in [3.63, 3.8) is 0 Å². The first kappa shape index (κ1) is 25.2. The third kappa shape index (κ3) is 6.46. The van der Waals surface area contributed by atoms with Gasteiger partial charge in [-0.1, -0.05) is 48.0 Å². The first-order chi connectivity index (χ1) is 14.3. The molecular weight excluding hydrogens is 427 g/mol. The van der Waals surface area contributed by atoms with Crippen LogP contribution in [-0.4, -0.2) is 37.5 Å². The third-order valence-corrected chi connectivity index (χ3v) is 6.19. The highest BCUT2D eigenvalue weighted by Gasteiger charge is 2.49. The van der Waals surface area contributed by atoms with Gasteiger partial charge in [0.1, 0.15) is 5.75 Å². The van der Waals surface area contributed by atoms with Crippen molar-refractivity contribution in [2.24, 2.45) is 0 Å². The number of hydrogen-bond acceptors (Lipinski definition) is 4. The van der Waals surface area contributed by atoms with Gasteiger partial charge in [0.25, 0.3) is 0 Å². The Labute approximate surface area is 183 Å². The van der Waals surface area contributed by atoms with E-state index in [0.717, 1.165) is 11.1 Å². The zero-order valence-corrected chi connectivity index (χ0v) is 19.3. The van der Waals surface area contributed by atoms with Gasteiger partial charge in [0.2, 0.25) is 0 Å². The summed E-state index contributed by atoms with van der Waals surface area (Å²) >= 11 is 0. The Kier molecular flexibility index (Phi) is 8.16. The van der Waals surface area contributed by atoms with E-state index >= 15 is 0 Å². The van der Waals surface area contributed by atoms with Crippen LogP contribution in [0.2, 0.25) is 0 Å². The SMILES string of the molecule is Cc1ccc(OS(=O)(=O)C(F)(F)F)c(C(CCN(C(C)C)C(C)C)c2ccccc2)c1. The maximum atomic E-state index is 13.0. The van der Waals surface area contributed by atoms with Gasteiger partial charge in [-0.3, -0.25) is 4.90 Å². The fraction of sp³-hybridized carbons (Fsp3) is 0.478. The summed E-state index contributed by atoms with van der Waals surface area (Å²) in [6, 6.07) is 14.5. The summed E-state index contributed by atoms with van der Waals surface area (Å²) in [4.78, 5) is 2.29. The second-order valence-electron chi connectivity index (χ2n) is 8.20. The Hall–Kier alpha value is -2.06. The number of nitrogens with zero attached hydrogens (tertiary/aromatic N) is 1. The van der Waals surface area contributed by atoms with Gasteiger partial charge in [-0.15, -0.1) is 0 Å². The quantitative estimate of drug-likeness (QED) is 0.349. The molecule has 8 heteroatoms. The molecule has 0 aromatic heterocycles. The van der Waals surface area contributed by atoms with Crippen molar-refractivity contribution in [3.05, 3.63) is 65.2 Å². The maximum absolute atomic E-state index is 13.0. The van der Waals surface area contributed by atoms with Crippen molar-refractivity contribution < 1.29 is 25.8 Å². The Morgan fingerprint density at radius 2 is 1.55 bits per heavy atom. The lowest BCUT2D eigenvalue weighted by Gasteiger charge is -2.32. The van der Waals surface area contributed by atoms with Crippen molar-refractivity contribution in [1.82, 2.24) is 4.90 Å². The molecule has 0 amide bonds. The average Bonchev–Trinajstić information content (AvgIpc) is 2.66. The lowest BCUT2D eigenvalue weighted by atomic mass is 9.87. The number of rotatable bonds is 9. The molecule has 0 bridgehead atoms. The Balaban J connectivity index is 2.52. The Bertz CT molecular complexity index is 950. The third-order valence-electron chi connectivity index (χ3n) is 5.23. The maximum Gasteiger partial charge on any atom is 0.534 e. The van der Waals surface area contributed by atoms with Crippen LogP contribution in [-0.2, 0) is 10.1 Å². The van der Waals surface area contributed by atoms with E-state index in [2.05, 4.69) is 36.8 Å². The van der Waals surface area contributed by atoms with Crippen molar-refractivity contribution >= 4 is 10.1 Å². The Morgan fingerprint density at radius 3 is 2.06 bits per heavy atom. The molecule has 2 aromatic carbocycles. The fourth-order valence-corrected chi connectivity index (χ4v) is 4.24. The minimum Gasteiger partial charge on any atom is -0.376 e. The molecule has 0 fully saturated rings. The van der Waals surface area contributed by atoms with Crippen LogP contribution in [0.5, 0.6) is 5.75 Å². The van der Waals surface area contributed by atoms with Crippen molar-refractivity contribution in [2.75, 3.05) is 6.54 Å². The lowest BCUT2D eigenvalue weighted by molar-refractivity contribution is -0.0500. The smallest absolute Gasteiger partial charge is 0.376 e. The average molecular weight is 458 g/mol. The molecule has 0 aliphatic heterocycles. The van der Waals surface area contributed by atoms with E-state index in [4.69, 9.17) is 0 Å². The molecule has 2 aromatic rings. The number of alkyl halides is 3. The molecule has 0 N–H and O–H groups in total. The molecular formula is C23H30F3NO3S. The normalized spacial score (nSPS) is 13.8. The number of halogens is 3. The first-order valence-corrected chi connectivity index (χ1v) is 11.7. The number of benzene rings is 2. The molecule has 0 spiro atoms. The van der Waals surface area contributed by atoms with Crippen molar-refractivity contribution in [2.45, 2.75) is 64.5 Å². The van der Waals surface area contributed by atoms with Gasteiger partial charge in [0, 0.05) is 23.6 Å². The molecule has 2 rings (SSSR count). The molecule has 0 aliphatic carbocycles. The number of aryl methyl sites for hydroxylation is 1. The van der Waals surface area contributed by atoms with Gasteiger partial charge < -0.3 is 4.18 Å². The monoisotopic (exact) mass is 457 g/mol. The molecule has 1 unspecified atom stereocenters. The zero-order chi connectivity index (χ0) is 23.4. The summed E-state index contributed by atoms with van der Waals surface area (Å²) in [6.45, 7) is 10.9. The van der Waals surface area contributed by atoms with E-state index in [0.29, 0.717) is 18.5 Å². The topological polar surface area (TPSA) is 46.6 Å². The van der Waals surface area contributed by atoms with Gasteiger partial charge in [-0.2, -0.15) is 21.6 Å². The highest BCUT2D eigenvalue weighted by atomic mass is 32.2. The number of hydrogen-bond donors (Lipinski definition) is 0. The zero-order valence-electron chi connectivity index (χ0n) is 18.5. The molecule has 31 heavy (non-hydrogen) atoms. The van der Waals surface area contributed by atoms with Crippen LogP contribution < -0.4 is 4.18 Å². The van der Waals surface area contributed by atoms with Gasteiger partial charge in [0.15, 0.2) is 0 Å². The molecule has 4 nitrogen and oxygen atoms in total. The molecule has 0 aliphatic rings. The summed E-state index contributed by atoms with van der Waals surface area (Å²) in [5.74, 6) is -0.628. The highest BCUT2D eigenvalue weighted by Crippen LogP contribution is 2.38. The standard InChI is InChI=1S/C23H30F3NO3S/c1-16(2)27(17(3)4)14-13-20(19-9-7-6-8-10-19)21-15-18(5)11-12-22(21)30-31(28,29)23(24,25)26/h6-12,15-17,20H,13-14H2,1-5H3. The molecule has 0 saturated heterocycles. The van der Waals surface area contributed by atoms with Crippen LogP contribution in [0.25, 0.3) is 0 Å². The molecule has 0 saturated carbocycles. The van der Waals surface area contributed by atoms with Crippen LogP contribution in [0.15, 0.2) is 48.5 Å². The van der Waals surface area contributed by atoms with Gasteiger partial charge in [-0.05, 0) is 59.2 Å². The summed E-state index contributed by atoms with van der Waals surface area (Å²) in [6.07, 6.45) is 0.590. The molecule has 172 valence electrons. The predicted octanol–water partition coefficient (Wildman–Crippen LogP) is 5.86. The minimum absolute atomic E-state index is 0.287. The van der Waals surface area contributed by atoms with E-state index in [1.54, 1.807) is 12.1 Å². The van der Waals surface area contributed by atoms with E-state index in [9.17, 15) is 21.6 Å².